The fraction of sp³-hybridized carbons (Fsp3) is 0.154. The molecule has 1 heterocycles. The van der Waals surface area contributed by atoms with Crippen LogP contribution in [0, 0.1) is 0 Å². The van der Waals surface area contributed by atoms with Crippen LogP contribution in [0.2, 0.25) is 0 Å². The lowest BCUT2D eigenvalue weighted by Gasteiger charge is -2.11. The van der Waals surface area contributed by atoms with E-state index in [0.29, 0.717) is 0 Å². The molecule has 82 valence electrons. The summed E-state index contributed by atoms with van der Waals surface area (Å²) in [4.78, 5) is 4.28. The maximum atomic E-state index is 4.28. The number of hydrogen-bond donors (Lipinski definition) is 1. The molecule has 1 N–H and O–H groups in total. The van der Waals surface area contributed by atoms with E-state index in [1.54, 1.807) is 11.3 Å². The molecule has 0 spiro atoms. The Labute approximate surface area is 99.7 Å². The van der Waals surface area contributed by atoms with Gasteiger partial charge < -0.3 is 5.32 Å². The average Bonchev–Trinajstić information content (AvgIpc) is 2.85. The summed E-state index contributed by atoms with van der Waals surface area (Å²) in [6, 6.07) is 10.5. The zero-order valence-electron chi connectivity index (χ0n) is 8.97. The van der Waals surface area contributed by atoms with E-state index in [0.717, 1.165) is 11.6 Å². The molecule has 0 fully saturated rings. The minimum absolute atomic E-state index is 0.139. The first kappa shape index (κ1) is 11.0. The highest BCUT2D eigenvalue weighted by Crippen LogP contribution is 2.16. The van der Waals surface area contributed by atoms with Gasteiger partial charge in [-0.25, -0.2) is 4.98 Å². The van der Waals surface area contributed by atoms with E-state index < -0.39 is 0 Å². The fourth-order valence-electron chi connectivity index (χ4n) is 1.48. The molecule has 0 radical (unpaired) electrons. The van der Waals surface area contributed by atoms with E-state index in [4.69, 9.17) is 0 Å². The van der Waals surface area contributed by atoms with Gasteiger partial charge in [0.2, 0.25) is 0 Å². The van der Waals surface area contributed by atoms with Crippen LogP contribution >= 0.6 is 11.3 Å². The molecule has 2 aromatic rings. The van der Waals surface area contributed by atoms with Crippen molar-refractivity contribution in [2.75, 3.05) is 0 Å². The van der Waals surface area contributed by atoms with Gasteiger partial charge in [0.25, 0.3) is 0 Å². The van der Waals surface area contributed by atoms with Crippen molar-refractivity contribution >= 4 is 11.3 Å². The Bertz CT molecular complexity index is 422. The van der Waals surface area contributed by atoms with E-state index >= 15 is 0 Å². The molecule has 1 unspecified atom stereocenters. The molecule has 2 nitrogen and oxygen atoms in total. The summed E-state index contributed by atoms with van der Waals surface area (Å²) in [5, 5.41) is 6.46. The average molecular weight is 230 g/mol. The number of benzene rings is 1. The van der Waals surface area contributed by atoms with E-state index in [1.165, 1.54) is 5.56 Å². The van der Waals surface area contributed by atoms with E-state index in [1.807, 2.05) is 35.9 Å². The topological polar surface area (TPSA) is 24.9 Å². The normalized spacial score (nSPS) is 12.2. The van der Waals surface area contributed by atoms with Gasteiger partial charge in [0.15, 0.2) is 0 Å². The third-order valence-electron chi connectivity index (χ3n) is 2.32. The highest BCUT2D eigenvalue weighted by Gasteiger charge is 2.08. The highest BCUT2D eigenvalue weighted by molar-refractivity contribution is 7.09. The zero-order chi connectivity index (χ0) is 11.2. The maximum absolute atomic E-state index is 4.28. The Hall–Kier alpha value is -1.45. The van der Waals surface area contributed by atoms with Crippen molar-refractivity contribution < 1.29 is 0 Å². The number of aromatic nitrogens is 1. The Morgan fingerprint density at radius 3 is 2.81 bits per heavy atom. The van der Waals surface area contributed by atoms with Crippen molar-refractivity contribution in [2.24, 2.45) is 0 Å². The van der Waals surface area contributed by atoms with Crippen LogP contribution in [-0.2, 0) is 6.54 Å². The second kappa shape index (κ2) is 5.58. The van der Waals surface area contributed by atoms with Gasteiger partial charge in [0.05, 0.1) is 6.04 Å². The molecule has 1 atom stereocenters. The van der Waals surface area contributed by atoms with Crippen molar-refractivity contribution in [3.63, 3.8) is 0 Å². The highest BCUT2D eigenvalue weighted by atomic mass is 32.1. The van der Waals surface area contributed by atoms with Crippen molar-refractivity contribution in [1.29, 1.82) is 0 Å². The molecule has 0 aliphatic heterocycles. The molecule has 0 aliphatic carbocycles. The van der Waals surface area contributed by atoms with Crippen molar-refractivity contribution in [3.05, 3.63) is 65.1 Å². The van der Waals surface area contributed by atoms with Crippen LogP contribution in [0.5, 0.6) is 0 Å². The van der Waals surface area contributed by atoms with Crippen LogP contribution in [0.3, 0.4) is 0 Å². The number of thiazole rings is 1. The predicted molar refractivity (Wildman–Crippen MR) is 68.3 cm³/mol. The largest absolute Gasteiger partial charge is 0.301 e. The number of nitrogens with zero attached hydrogens (tertiary/aromatic N) is 1. The predicted octanol–water partition coefficient (Wildman–Crippen LogP) is 3.16. The summed E-state index contributed by atoms with van der Waals surface area (Å²) in [7, 11) is 0. The van der Waals surface area contributed by atoms with Gasteiger partial charge in [-0.05, 0) is 5.56 Å². The van der Waals surface area contributed by atoms with Gasteiger partial charge in [0, 0.05) is 18.1 Å². The van der Waals surface area contributed by atoms with Gasteiger partial charge in [-0.3, -0.25) is 0 Å². The third-order valence-corrected chi connectivity index (χ3v) is 3.18. The van der Waals surface area contributed by atoms with Gasteiger partial charge in [-0.2, -0.15) is 0 Å². The standard InChI is InChI=1S/C13H14N2S/c1-2-12(13-14-8-9-16-13)15-10-11-6-4-3-5-7-11/h2-9,12,15H,1,10H2. The Balaban J connectivity index is 1.96. The van der Waals surface area contributed by atoms with Crippen LogP contribution in [0.15, 0.2) is 54.6 Å². The monoisotopic (exact) mass is 230 g/mol. The summed E-state index contributed by atoms with van der Waals surface area (Å²) in [6.45, 7) is 4.66. The molecule has 0 bridgehead atoms. The summed E-state index contributed by atoms with van der Waals surface area (Å²) in [5.41, 5.74) is 1.27. The van der Waals surface area contributed by atoms with Gasteiger partial charge >= 0.3 is 0 Å². The molecule has 3 heteroatoms. The molecule has 0 saturated heterocycles. The lowest BCUT2D eigenvalue weighted by molar-refractivity contribution is 0.619. The lowest BCUT2D eigenvalue weighted by Crippen LogP contribution is -2.18. The van der Waals surface area contributed by atoms with Crippen molar-refractivity contribution in [1.82, 2.24) is 10.3 Å². The third kappa shape index (κ3) is 2.78. The molecule has 0 saturated carbocycles. The first-order valence-electron chi connectivity index (χ1n) is 5.19. The first-order chi connectivity index (χ1) is 7.90. The Morgan fingerprint density at radius 1 is 1.38 bits per heavy atom. The van der Waals surface area contributed by atoms with Gasteiger partial charge in [-0.1, -0.05) is 36.4 Å². The number of hydrogen-bond acceptors (Lipinski definition) is 3. The molecular formula is C13H14N2S. The first-order valence-corrected chi connectivity index (χ1v) is 6.07. The van der Waals surface area contributed by atoms with Crippen LogP contribution in [-0.4, -0.2) is 4.98 Å². The molecule has 16 heavy (non-hydrogen) atoms. The summed E-state index contributed by atoms with van der Waals surface area (Å²) in [5.74, 6) is 0. The quantitative estimate of drug-likeness (QED) is 0.798. The Morgan fingerprint density at radius 2 is 2.19 bits per heavy atom. The van der Waals surface area contributed by atoms with E-state index in [2.05, 4.69) is 29.0 Å². The van der Waals surface area contributed by atoms with E-state index in [9.17, 15) is 0 Å². The van der Waals surface area contributed by atoms with Crippen molar-refractivity contribution in [3.8, 4) is 0 Å². The fourth-order valence-corrected chi connectivity index (χ4v) is 2.19. The minimum Gasteiger partial charge on any atom is -0.301 e. The summed E-state index contributed by atoms with van der Waals surface area (Å²) < 4.78 is 0. The molecule has 1 aromatic carbocycles. The van der Waals surface area contributed by atoms with Gasteiger partial charge in [-0.15, -0.1) is 17.9 Å². The van der Waals surface area contributed by atoms with E-state index in [-0.39, 0.29) is 6.04 Å². The van der Waals surface area contributed by atoms with Crippen LogP contribution < -0.4 is 5.32 Å². The number of nitrogens with one attached hydrogen (secondary N) is 1. The molecule has 0 amide bonds. The summed E-state index contributed by atoms with van der Waals surface area (Å²) >= 11 is 1.65. The second-order valence-corrected chi connectivity index (χ2v) is 4.38. The van der Waals surface area contributed by atoms with Crippen LogP contribution in [0.4, 0.5) is 0 Å². The second-order valence-electron chi connectivity index (χ2n) is 3.45. The minimum atomic E-state index is 0.139. The summed E-state index contributed by atoms with van der Waals surface area (Å²) in [6.07, 6.45) is 3.71. The van der Waals surface area contributed by atoms with Gasteiger partial charge in [0.1, 0.15) is 5.01 Å². The molecule has 0 aliphatic rings. The molecule has 1 aromatic heterocycles. The van der Waals surface area contributed by atoms with Crippen LogP contribution in [0.25, 0.3) is 0 Å². The van der Waals surface area contributed by atoms with Crippen LogP contribution in [0.1, 0.15) is 16.6 Å². The molecular weight excluding hydrogens is 216 g/mol. The maximum Gasteiger partial charge on any atom is 0.113 e. The number of rotatable bonds is 5. The lowest BCUT2D eigenvalue weighted by atomic mass is 10.2. The zero-order valence-corrected chi connectivity index (χ0v) is 9.78. The molecule has 2 rings (SSSR count). The Kier molecular flexibility index (Phi) is 3.86. The van der Waals surface area contributed by atoms with Crippen molar-refractivity contribution in [2.45, 2.75) is 12.6 Å². The SMILES string of the molecule is C=CC(NCc1ccccc1)c1nccs1. The smallest absolute Gasteiger partial charge is 0.113 e.